The predicted octanol–water partition coefficient (Wildman–Crippen LogP) is 7.72. The number of hydrogen-bond donors (Lipinski definition) is 1. The zero-order valence-corrected chi connectivity index (χ0v) is 19.4. The summed E-state index contributed by atoms with van der Waals surface area (Å²) >= 11 is 0. The van der Waals surface area contributed by atoms with Gasteiger partial charge < -0.3 is 5.32 Å². The van der Waals surface area contributed by atoms with Crippen molar-refractivity contribution in [2.24, 2.45) is 5.41 Å². The van der Waals surface area contributed by atoms with E-state index in [9.17, 15) is 4.79 Å². The zero-order chi connectivity index (χ0) is 21.4. The maximum absolute atomic E-state index is 13.0. The summed E-state index contributed by atoms with van der Waals surface area (Å²) in [4.78, 5) is 17.9. The molecule has 164 valence electrons. The number of rotatable bonds is 12. The molecule has 3 rings (SSSR count). The number of fused-ring (bicyclic) bond motifs is 2. The maximum Gasteiger partial charge on any atom is 0.167 e. The first-order valence-electron chi connectivity index (χ1n) is 12.2. The minimum Gasteiger partial charge on any atom is -0.384 e. The van der Waals surface area contributed by atoms with Crippen LogP contribution in [0.4, 0.5) is 5.69 Å². The molecule has 0 fully saturated rings. The number of carbonyl (C=O) groups excluding carboxylic acids is 1. The number of aromatic nitrogens is 1. The molecule has 3 heteroatoms. The van der Waals surface area contributed by atoms with E-state index in [1.54, 1.807) is 0 Å². The van der Waals surface area contributed by atoms with Gasteiger partial charge in [-0.1, -0.05) is 96.8 Å². The Morgan fingerprint density at radius 3 is 2.23 bits per heavy atom. The van der Waals surface area contributed by atoms with Crippen LogP contribution in [0.5, 0.6) is 0 Å². The van der Waals surface area contributed by atoms with E-state index >= 15 is 0 Å². The Labute approximate surface area is 183 Å². The molecule has 0 spiro atoms. The number of nitrogens with zero attached hydrogens (tertiary/aromatic N) is 1. The van der Waals surface area contributed by atoms with E-state index in [4.69, 9.17) is 4.98 Å². The molecule has 1 heterocycles. The third-order valence-electron chi connectivity index (χ3n) is 6.36. The minimum absolute atomic E-state index is 0.00660. The molecule has 0 amide bonds. The van der Waals surface area contributed by atoms with Gasteiger partial charge in [0.05, 0.1) is 22.5 Å². The van der Waals surface area contributed by atoms with Crippen LogP contribution in [0, 0.1) is 5.41 Å². The van der Waals surface area contributed by atoms with Crippen LogP contribution in [0.3, 0.4) is 0 Å². The largest absolute Gasteiger partial charge is 0.384 e. The highest BCUT2D eigenvalue weighted by Crippen LogP contribution is 2.39. The highest BCUT2D eigenvalue weighted by Gasteiger charge is 2.34. The van der Waals surface area contributed by atoms with Crippen molar-refractivity contribution in [3.8, 4) is 0 Å². The number of ketones is 1. The second-order valence-electron chi connectivity index (χ2n) is 9.88. The summed E-state index contributed by atoms with van der Waals surface area (Å²) in [6, 6.07) is 8.23. The third-order valence-corrected chi connectivity index (χ3v) is 6.36. The van der Waals surface area contributed by atoms with Crippen LogP contribution in [0.25, 0.3) is 10.9 Å². The van der Waals surface area contributed by atoms with Gasteiger partial charge in [0, 0.05) is 18.4 Å². The van der Waals surface area contributed by atoms with Gasteiger partial charge in [0.25, 0.3) is 0 Å². The lowest BCUT2D eigenvalue weighted by Gasteiger charge is -2.31. The van der Waals surface area contributed by atoms with E-state index in [2.05, 4.69) is 38.2 Å². The van der Waals surface area contributed by atoms with Crippen molar-refractivity contribution < 1.29 is 4.79 Å². The lowest BCUT2D eigenvalue weighted by Crippen LogP contribution is -2.29. The summed E-state index contributed by atoms with van der Waals surface area (Å²) in [7, 11) is 0. The average molecular weight is 409 g/mol. The van der Waals surface area contributed by atoms with E-state index in [0.717, 1.165) is 47.2 Å². The number of nitrogens with one attached hydrogen (secondary N) is 1. The van der Waals surface area contributed by atoms with Crippen LogP contribution in [0.2, 0.25) is 0 Å². The Morgan fingerprint density at radius 2 is 1.53 bits per heavy atom. The number of Topliss-reactive ketones (excluding diaryl/α,β-unsaturated/α-hetero) is 1. The van der Waals surface area contributed by atoms with Gasteiger partial charge in [0.2, 0.25) is 0 Å². The van der Waals surface area contributed by atoms with Gasteiger partial charge in [0.1, 0.15) is 0 Å². The van der Waals surface area contributed by atoms with E-state index < -0.39 is 0 Å². The smallest absolute Gasteiger partial charge is 0.167 e. The van der Waals surface area contributed by atoms with Crippen molar-refractivity contribution in [1.82, 2.24) is 4.98 Å². The molecule has 3 nitrogen and oxygen atoms in total. The van der Waals surface area contributed by atoms with Crippen LogP contribution < -0.4 is 5.32 Å². The third kappa shape index (κ3) is 6.06. The normalized spacial score (nSPS) is 15.4. The first kappa shape index (κ1) is 22.8. The van der Waals surface area contributed by atoms with Crippen LogP contribution in [-0.2, 0) is 6.42 Å². The molecule has 1 N–H and O–H groups in total. The quantitative estimate of drug-likeness (QED) is 0.365. The molecule has 0 radical (unpaired) electrons. The molecule has 0 atom stereocenters. The van der Waals surface area contributed by atoms with Crippen LogP contribution in [0.15, 0.2) is 24.3 Å². The Hall–Kier alpha value is -1.90. The number of unbranched alkanes of at least 4 members (excludes halogenated alkanes) is 9. The summed E-state index contributed by atoms with van der Waals surface area (Å²) in [6.45, 7) is 7.53. The highest BCUT2D eigenvalue weighted by atomic mass is 16.1. The number of carbonyl (C=O) groups is 1. The summed E-state index contributed by atoms with van der Waals surface area (Å²) in [5, 5.41) is 4.72. The first-order chi connectivity index (χ1) is 14.5. The summed E-state index contributed by atoms with van der Waals surface area (Å²) < 4.78 is 0. The van der Waals surface area contributed by atoms with Crippen molar-refractivity contribution in [3.63, 3.8) is 0 Å². The van der Waals surface area contributed by atoms with Crippen LogP contribution in [0.1, 0.15) is 107 Å². The second-order valence-corrected chi connectivity index (χ2v) is 9.88. The minimum atomic E-state index is -0.00660. The first-order valence-corrected chi connectivity index (χ1v) is 12.2. The van der Waals surface area contributed by atoms with E-state index in [0.29, 0.717) is 6.42 Å². The SMILES string of the molecule is CCCCCCCCCCCCNc1c2c(nc3ccccc13)CC(C)(C)CC2=O. The molecule has 0 aliphatic heterocycles. The van der Waals surface area contributed by atoms with Gasteiger partial charge in [-0.2, -0.15) is 0 Å². The number of benzene rings is 1. The number of anilines is 1. The second kappa shape index (κ2) is 10.9. The molecule has 1 aromatic heterocycles. The van der Waals surface area contributed by atoms with E-state index in [-0.39, 0.29) is 11.2 Å². The molecule has 30 heavy (non-hydrogen) atoms. The Bertz CT molecular complexity index is 840. The maximum atomic E-state index is 13.0. The molecular formula is C27H40N2O. The van der Waals surface area contributed by atoms with Crippen LogP contribution >= 0.6 is 0 Å². The summed E-state index contributed by atoms with van der Waals surface area (Å²) in [5.74, 6) is 0.241. The molecular weight excluding hydrogens is 368 g/mol. The molecule has 1 aromatic carbocycles. The predicted molar refractivity (Wildman–Crippen MR) is 129 cm³/mol. The van der Waals surface area contributed by atoms with E-state index in [1.165, 1.54) is 57.8 Å². The van der Waals surface area contributed by atoms with Gasteiger partial charge in [-0.25, -0.2) is 0 Å². The Balaban J connectivity index is 1.55. The van der Waals surface area contributed by atoms with Crippen molar-refractivity contribution in [2.75, 3.05) is 11.9 Å². The molecule has 2 aromatic rings. The van der Waals surface area contributed by atoms with Crippen molar-refractivity contribution >= 4 is 22.4 Å². The number of para-hydroxylation sites is 1. The molecule has 0 saturated heterocycles. The van der Waals surface area contributed by atoms with Gasteiger partial charge in [-0.3, -0.25) is 9.78 Å². The van der Waals surface area contributed by atoms with E-state index in [1.807, 2.05) is 12.1 Å². The lowest BCUT2D eigenvalue weighted by molar-refractivity contribution is 0.0911. The molecule has 0 unspecified atom stereocenters. The lowest BCUT2D eigenvalue weighted by atomic mass is 9.75. The zero-order valence-electron chi connectivity index (χ0n) is 19.4. The summed E-state index contributed by atoms with van der Waals surface area (Å²) in [6.07, 6.45) is 14.8. The molecule has 0 saturated carbocycles. The highest BCUT2D eigenvalue weighted by molar-refractivity contribution is 6.10. The van der Waals surface area contributed by atoms with Gasteiger partial charge in [0.15, 0.2) is 5.78 Å². The van der Waals surface area contributed by atoms with Crippen LogP contribution in [-0.4, -0.2) is 17.3 Å². The van der Waals surface area contributed by atoms with Crippen molar-refractivity contribution in [3.05, 3.63) is 35.5 Å². The summed E-state index contributed by atoms with van der Waals surface area (Å²) in [5.41, 5.74) is 3.83. The Kier molecular flexibility index (Phi) is 8.30. The topological polar surface area (TPSA) is 42.0 Å². The fraction of sp³-hybridized carbons (Fsp3) is 0.630. The fourth-order valence-corrected chi connectivity index (χ4v) is 4.74. The van der Waals surface area contributed by atoms with Crippen molar-refractivity contribution in [2.45, 2.75) is 97.8 Å². The Morgan fingerprint density at radius 1 is 0.900 bits per heavy atom. The molecule has 1 aliphatic rings. The van der Waals surface area contributed by atoms with Crippen molar-refractivity contribution in [1.29, 1.82) is 0 Å². The standard InChI is InChI=1S/C27H40N2O/c1-4-5-6-7-8-9-10-11-12-15-18-28-26-21-16-13-14-17-22(21)29-23-19-27(2,3)20-24(30)25(23)26/h13-14,16-17H,4-12,15,18-20H2,1-3H3,(H,28,29). The average Bonchev–Trinajstić information content (AvgIpc) is 2.70. The number of pyridine rings is 1. The van der Waals surface area contributed by atoms with Gasteiger partial charge in [-0.15, -0.1) is 0 Å². The van der Waals surface area contributed by atoms with Gasteiger partial charge >= 0.3 is 0 Å². The van der Waals surface area contributed by atoms with Gasteiger partial charge in [-0.05, 0) is 24.3 Å². The monoisotopic (exact) mass is 408 g/mol. The number of hydrogen-bond acceptors (Lipinski definition) is 3. The molecule has 0 bridgehead atoms. The fourth-order valence-electron chi connectivity index (χ4n) is 4.74. The molecule has 1 aliphatic carbocycles.